The summed E-state index contributed by atoms with van der Waals surface area (Å²) >= 11 is 0. The van der Waals surface area contributed by atoms with Crippen LogP contribution in [0.2, 0.25) is 0 Å². The van der Waals surface area contributed by atoms with E-state index in [1.165, 1.54) is 65.3 Å². The molecule has 0 saturated heterocycles. The van der Waals surface area contributed by atoms with Crippen molar-refractivity contribution in [3.63, 3.8) is 0 Å². The molecule has 3 aliphatic rings. The summed E-state index contributed by atoms with van der Waals surface area (Å²) in [6.07, 6.45) is 23.6. The van der Waals surface area contributed by atoms with Crippen molar-refractivity contribution in [2.24, 2.45) is 0 Å². The van der Waals surface area contributed by atoms with Crippen molar-refractivity contribution in [1.29, 1.82) is 0 Å². The molecule has 0 atom stereocenters. The molecule has 2 aromatic carbocycles. The van der Waals surface area contributed by atoms with Crippen LogP contribution in [0.5, 0.6) is 11.5 Å². The van der Waals surface area contributed by atoms with Crippen molar-refractivity contribution in [2.75, 3.05) is 0 Å². The van der Waals surface area contributed by atoms with Gasteiger partial charge in [-0.05, 0) is 81.5 Å². The number of benzene rings is 2. The van der Waals surface area contributed by atoms with E-state index in [4.69, 9.17) is 10.2 Å². The van der Waals surface area contributed by atoms with E-state index in [0.29, 0.717) is 0 Å². The van der Waals surface area contributed by atoms with Gasteiger partial charge in [0.05, 0.1) is 9.85 Å². The Morgan fingerprint density at radius 3 is 0.929 bits per heavy atom. The third-order valence-corrected chi connectivity index (χ3v) is 4.78. The van der Waals surface area contributed by atoms with Crippen LogP contribution in [-0.2, 0) is 0 Å². The van der Waals surface area contributed by atoms with Crippen LogP contribution in [0.15, 0.2) is 137 Å². The fourth-order valence-electron chi connectivity index (χ4n) is 2.56. The first-order valence-electron chi connectivity index (χ1n) is 12.2. The number of phenolic OH excluding ortho intramolecular Hbond substituents is 2. The first-order valence-corrected chi connectivity index (χ1v) is 12.2. The van der Waals surface area contributed by atoms with Crippen LogP contribution in [-0.4, -0.2) is 46.3 Å². The standard InChI is InChI=1S/3C7H7.2C6H5NO3.Bi/c3*1-7-5-3-2-4-6-7;2*8-6-3-1-5(2-4-6)7(9)10;/h3*3-6H,1H3;2*1-4,8H;/q;;;;;+2. The zero-order chi connectivity index (χ0) is 30.5. The number of rotatable bonds is 2. The molecule has 6 radical (unpaired) electrons. The van der Waals surface area contributed by atoms with E-state index in [2.05, 4.69) is 38.0 Å². The second kappa shape index (κ2) is 22.2. The molecule has 0 heterocycles. The van der Waals surface area contributed by atoms with Crippen LogP contribution in [0.3, 0.4) is 0 Å². The van der Waals surface area contributed by atoms with E-state index < -0.39 is 9.85 Å². The van der Waals surface area contributed by atoms with E-state index in [0.717, 1.165) is 0 Å². The van der Waals surface area contributed by atoms with Crippen LogP contribution in [0.4, 0.5) is 11.4 Å². The first-order chi connectivity index (χ1) is 19.6. The number of non-ortho nitro benzene ring substituents is 2. The Bertz CT molecular complexity index is 1300. The Balaban J connectivity index is 0.000000502. The minimum absolute atomic E-state index is 0. The summed E-state index contributed by atoms with van der Waals surface area (Å²) in [5.74, 6) is 0.0659. The number of hydrogen-bond donors (Lipinski definition) is 2. The normalized spacial score (nSPS) is 12.9. The second-order valence-electron chi connectivity index (χ2n) is 8.28. The Hall–Kier alpha value is -4.50. The molecular weight excluding hydrogens is 729 g/mol. The van der Waals surface area contributed by atoms with Gasteiger partial charge in [0.25, 0.3) is 11.4 Å². The van der Waals surface area contributed by atoms with Crippen LogP contribution in [0, 0.1) is 39.5 Å². The summed E-state index contributed by atoms with van der Waals surface area (Å²) in [5.41, 5.74) is 12.6. The zero-order valence-electron chi connectivity index (χ0n) is 23.4. The van der Waals surface area contributed by atoms with Crippen molar-refractivity contribution in [2.45, 2.75) is 20.8 Å². The molecule has 0 saturated carbocycles. The molecule has 0 aromatic heterocycles. The number of phenols is 2. The van der Waals surface area contributed by atoms with Gasteiger partial charge in [-0.25, -0.2) is 0 Å². The van der Waals surface area contributed by atoms with E-state index in [1.807, 2.05) is 73.9 Å². The summed E-state index contributed by atoms with van der Waals surface area (Å²) in [6.45, 7) is 6.19. The van der Waals surface area contributed by atoms with Gasteiger partial charge in [-0.15, -0.1) is 17.2 Å². The van der Waals surface area contributed by atoms with Gasteiger partial charge < -0.3 is 10.2 Å². The number of nitro groups is 2. The number of allylic oxidation sites excluding steroid dienone is 9. The Kier molecular flexibility index (Phi) is 19.8. The SMILES string of the molecule is CC1=CC=C=C[CH]1.CC1=CC=C=C[CH]1.CC1=CC=C=C[CH]1.O=[N+]([O-])c1ccc(O)cc1.O=[N+]([O-])c1ccc(O)cc1.[Bi+2]. The molecule has 0 aliphatic heterocycles. The predicted octanol–water partition coefficient (Wildman–Crippen LogP) is 7.81. The van der Waals surface area contributed by atoms with Gasteiger partial charge in [0, 0.05) is 43.5 Å². The molecule has 212 valence electrons. The third kappa shape index (κ3) is 18.7. The first kappa shape index (κ1) is 37.5. The molecule has 3 aliphatic carbocycles. The zero-order valence-corrected chi connectivity index (χ0v) is 26.9. The molecule has 2 aromatic rings. The maximum absolute atomic E-state index is 10.0. The summed E-state index contributed by atoms with van der Waals surface area (Å²) in [5, 5.41) is 37.5. The van der Waals surface area contributed by atoms with Crippen molar-refractivity contribution >= 4 is 37.6 Å². The van der Waals surface area contributed by atoms with Gasteiger partial charge in [-0.2, -0.15) is 0 Å². The van der Waals surface area contributed by atoms with E-state index in [-0.39, 0.29) is 49.1 Å². The molecule has 0 bridgehead atoms. The summed E-state index contributed by atoms with van der Waals surface area (Å²) in [4.78, 5) is 19.0. The molecule has 42 heavy (non-hydrogen) atoms. The molecule has 8 nitrogen and oxygen atoms in total. The van der Waals surface area contributed by atoms with Gasteiger partial charge in [-0.3, -0.25) is 20.2 Å². The minimum Gasteiger partial charge on any atom is -0.508 e. The quantitative estimate of drug-likeness (QED) is 0.139. The van der Waals surface area contributed by atoms with Gasteiger partial charge in [-0.1, -0.05) is 34.9 Å². The molecule has 0 spiro atoms. The van der Waals surface area contributed by atoms with Gasteiger partial charge in [0.2, 0.25) is 0 Å². The molecule has 2 N–H and O–H groups in total. The van der Waals surface area contributed by atoms with Crippen LogP contribution in [0.25, 0.3) is 0 Å². The summed E-state index contributed by atoms with van der Waals surface area (Å²) < 4.78 is 0. The average Bonchev–Trinajstić information content (AvgIpc) is 2.96. The molecule has 5 rings (SSSR count). The average molecular weight is 761 g/mol. The van der Waals surface area contributed by atoms with E-state index in [1.54, 1.807) is 0 Å². The number of aromatic hydroxyl groups is 2. The summed E-state index contributed by atoms with van der Waals surface area (Å²) in [6, 6.07) is 10.1. The molecule has 0 amide bonds. The topological polar surface area (TPSA) is 127 Å². The van der Waals surface area contributed by atoms with Gasteiger partial charge >= 0.3 is 26.2 Å². The van der Waals surface area contributed by atoms with Crippen LogP contribution in [0.1, 0.15) is 20.8 Å². The van der Waals surface area contributed by atoms with Crippen molar-refractivity contribution in [3.8, 4) is 11.5 Å². The van der Waals surface area contributed by atoms with E-state index >= 15 is 0 Å². The van der Waals surface area contributed by atoms with Crippen molar-refractivity contribution in [1.82, 2.24) is 0 Å². The smallest absolute Gasteiger partial charge is 0.508 e. The number of hydrogen-bond acceptors (Lipinski definition) is 6. The van der Waals surface area contributed by atoms with Crippen molar-refractivity contribution < 1.29 is 20.1 Å². The van der Waals surface area contributed by atoms with Gasteiger partial charge in [0.15, 0.2) is 0 Å². The maximum Gasteiger partial charge on any atom is 2.00 e. The fraction of sp³-hybridized carbons (Fsp3) is 0.0909. The largest absolute Gasteiger partial charge is 2.00 e. The summed E-state index contributed by atoms with van der Waals surface area (Å²) in [7, 11) is 0. The Morgan fingerprint density at radius 1 is 0.524 bits per heavy atom. The Labute approximate surface area is 265 Å². The number of nitrogens with zero attached hydrogens (tertiary/aromatic N) is 2. The van der Waals surface area contributed by atoms with Gasteiger partial charge in [0.1, 0.15) is 11.5 Å². The molecular formula is C33H31BiN2O6+2. The number of nitro benzene ring substituents is 2. The second-order valence-corrected chi connectivity index (χ2v) is 8.28. The van der Waals surface area contributed by atoms with Crippen LogP contribution >= 0.6 is 0 Å². The minimum atomic E-state index is -0.514. The third-order valence-electron chi connectivity index (χ3n) is 4.78. The predicted molar refractivity (Wildman–Crippen MR) is 167 cm³/mol. The molecule has 0 unspecified atom stereocenters. The fourth-order valence-corrected chi connectivity index (χ4v) is 2.56. The monoisotopic (exact) mass is 760 g/mol. The molecule has 0 fully saturated rings. The van der Waals surface area contributed by atoms with Crippen molar-refractivity contribution in [3.05, 3.63) is 177 Å². The molecule has 9 heteroatoms. The van der Waals surface area contributed by atoms with Crippen LogP contribution < -0.4 is 0 Å². The maximum atomic E-state index is 10.0. The van der Waals surface area contributed by atoms with E-state index in [9.17, 15) is 20.2 Å². The Morgan fingerprint density at radius 2 is 0.786 bits per heavy atom.